The topological polar surface area (TPSA) is 36.4 Å². The molecule has 3 nitrogen and oxygen atoms in total. The van der Waals surface area contributed by atoms with E-state index in [2.05, 4.69) is 4.98 Å². The summed E-state index contributed by atoms with van der Waals surface area (Å²) in [5, 5.41) is 10.3. The standard InChI is InChI=1S/C10H13ClN2O/c1-10(14)5-6-13(7-10)9-4-2-3-8(11)12-9/h2-4,14H,5-7H2,1H3. The van der Waals surface area contributed by atoms with Crippen molar-refractivity contribution in [1.82, 2.24) is 4.98 Å². The zero-order valence-corrected chi connectivity index (χ0v) is 8.83. The van der Waals surface area contributed by atoms with E-state index in [1.165, 1.54) is 0 Å². The van der Waals surface area contributed by atoms with Crippen molar-refractivity contribution in [2.24, 2.45) is 0 Å². The highest BCUT2D eigenvalue weighted by Gasteiger charge is 2.31. The molecule has 0 aromatic carbocycles. The molecule has 76 valence electrons. The molecule has 1 aromatic rings. The van der Waals surface area contributed by atoms with Crippen LogP contribution in [0, 0.1) is 0 Å². The number of hydrogen-bond donors (Lipinski definition) is 1. The van der Waals surface area contributed by atoms with Crippen LogP contribution in [0.3, 0.4) is 0 Å². The first-order chi connectivity index (χ1) is 6.57. The van der Waals surface area contributed by atoms with Crippen LogP contribution in [-0.2, 0) is 0 Å². The lowest BCUT2D eigenvalue weighted by Gasteiger charge is -2.19. The van der Waals surface area contributed by atoms with Gasteiger partial charge in [0.2, 0.25) is 0 Å². The van der Waals surface area contributed by atoms with Crippen LogP contribution in [0.15, 0.2) is 18.2 Å². The van der Waals surface area contributed by atoms with Gasteiger partial charge in [0.25, 0.3) is 0 Å². The van der Waals surface area contributed by atoms with Crippen LogP contribution in [0.2, 0.25) is 5.15 Å². The third kappa shape index (κ3) is 1.99. The molecule has 1 atom stereocenters. The molecule has 1 aliphatic heterocycles. The average Bonchev–Trinajstić information content (AvgIpc) is 2.46. The minimum Gasteiger partial charge on any atom is -0.388 e. The van der Waals surface area contributed by atoms with Gasteiger partial charge in [-0.1, -0.05) is 17.7 Å². The number of halogens is 1. The molecular weight excluding hydrogens is 200 g/mol. The van der Waals surface area contributed by atoms with Gasteiger partial charge in [-0.25, -0.2) is 4.98 Å². The van der Waals surface area contributed by atoms with E-state index in [1.54, 1.807) is 6.07 Å². The van der Waals surface area contributed by atoms with Gasteiger partial charge < -0.3 is 10.0 Å². The maximum Gasteiger partial charge on any atom is 0.131 e. The normalized spacial score (nSPS) is 26.9. The van der Waals surface area contributed by atoms with Gasteiger partial charge >= 0.3 is 0 Å². The van der Waals surface area contributed by atoms with Crippen LogP contribution < -0.4 is 4.90 Å². The van der Waals surface area contributed by atoms with Crippen LogP contribution in [0.1, 0.15) is 13.3 Å². The third-order valence-corrected chi connectivity index (χ3v) is 2.69. The van der Waals surface area contributed by atoms with Crippen LogP contribution in [-0.4, -0.2) is 28.8 Å². The Bertz CT molecular complexity index is 341. The number of rotatable bonds is 1. The molecule has 2 rings (SSSR count). The molecule has 0 radical (unpaired) electrons. The Balaban J connectivity index is 2.17. The fourth-order valence-electron chi connectivity index (χ4n) is 1.71. The van der Waals surface area contributed by atoms with Crippen molar-refractivity contribution in [2.45, 2.75) is 18.9 Å². The molecule has 1 aliphatic rings. The summed E-state index contributed by atoms with van der Waals surface area (Å²) in [6.07, 6.45) is 0.779. The molecule has 1 unspecified atom stereocenters. The molecule has 0 bridgehead atoms. The first-order valence-electron chi connectivity index (χ1n) is 4.67. The van der Waals surface area contributed by atoms with E-state index in [0.29, 0.717) is 11.7 Å². The zero-order chi connectivity index (χ0) is 10.2. The average molecular weight is 213 g/mol. The lowest BCUT2D eigenvalue weighted by Crippen LogP contribution is -2.29. The Morgan fingerprint density at radius 2 is 2.36 bits per heavy atom. The molecule has 0 amide bonds. The lowest BCUT2D eigenvalue weighted by atomic mass is 10.1. The molecule has 1 aromatic heterocycles. The van der Waals surface area contributed by atoms with Gasteiger partial charge in [-0.2, -0.15) is 0 Å². The van der Waals surface area contributed by atoms with Crippen molar-refractivity contribution in [2.75, 3.05) is 18.0 Å². The third-order valence-electron chi connectivity index (χ3n) is 2.48. The molecule has 2 heterocycles. The van der Waals surface area contributed by atoms with Crippen molar-refractivity contribution in [3.05, 3.63) is 23.4 Å². The Morgan fingerprint density at radius 3 is 2.93 bits per heavy atom. The van der Waals surface area contributed by atoms with Crippen LogP contribution in [0.25, 0.3) is 0 Å². The number of aromatic nitrogens is 1. The maximum absolute atomic E-state index is 9.79. The van der Waals surface area contributed by atoms with Crippen molar-refractivity contribution in [3.63, 3.8) is 0 Å². The second-order valence-corrected chi connectivity index (χ2v) is 4.37. The Labute approximate surface area is 88.3 Å². The predicted molar refractivity (Wildman–Crippen MR) is 56.7 cm³/mol. The highest BCUT2D eigenvalue weighted by Crippen LogP contribution is 2.25. The molecule has 0 aliphatic carbocycles. The summed E-state index contributed by atoms with van der Waals surface area (Å²) >= 11 is 5.79. The predicted octanol–water partition coefficient (Wildman–Crippen LogP) is 1.70. The highest BCUT2D eigenvalue weighted by molar-refractivity contribution is 6.29. The zero-order valence-electron chi connectivity index (χ0n) is 8.07. The second kappa shape index (κ2) is 3.41. The summed E-state index contributed by atoms with van der Waals surface area (Å²) < 4.78 is 0. The number of pyridine rings is 1. The first-order valence-corrected chi connectivity index (χ1v) is 5.04. The maximum atomic E-state index is 9.79. The van der Waals surface area contributed by atoms with Crippen molar-refractivity contribution >= 4 is 17.4 Å². The van der Waals surface area contributed by atoms with Gasteiger partial charge in [0, 0.05) is 13.1 Å². The van der Waals surface area contributed by atoms with Gasteiger partial charge in [-0.15, -0.1) is 0 Å². The van der Waals surface area contributed by atoms with E-state index in [-0.39, 0.29) is 0 Å². The number of anilines is 1. The largest absolute Gasteiger partial charge is 0.388 e. The molecule has 1 fully saturated rings. The minimum absolute atomic E-state index is 0.494. The summed E-state index contributed by atoms with van der Waals surface area (Å²) in [5.74, 6) is 0.843. The van der Waals surface area contributed by atoms with E-state index < -0.39 is 5.60 Å². The molecule has 14 heavy (non-hydrogen) atoms. The lowest BCUT2D eigenvalue weighted by molar-refractivity contribution is 0.0839. The van der Waals surface area contributed by atoms with Crippen molar-refractivity contribution in [3.8, 4) is 0 Å². The van der Waals surface area contributed by atoms with E-state index in [0.717, 1.165) is 18.8 Å². The number of nitrogens with zero attached hydrogens (tertiary/aromatic N) is 2. The summed E-state index contributed by atoms with van der Waals surface area (Å²) in [6, 6.07) is 5.53. The van der Waals surface area contributed by atoms with E-state index in [1.807, 2.05) is 24.0 Å². The fourth-order valence-corrected chi connectivity index (χ4v) is 1.87. The van der Waals surface area contributed by atoms with Crippen molar-refractivity contribution < 1.29 is 5.11 Å². The smallest absolute Gasteiger partial charge is 0.131 e. The Morgan fingerprint density at radius 1 is 1.57 bits per heavy atom. The number of β-amino-alcohol motifs (C(OH)–C–C–N with tert-alkyl or cyclic N) is 1. The van der Waals surface area contributed by atoms with Gasteiger partial charge in [-0.05, 0) is 25.5 Å². The van der Waals surface area contributed by atoms with E-state index in [9.17, 15) is 5.11 Å². The summed E-state index contributed by atoms with van der Waals surface area (Å²) in [4.78, 5) is 6.25. The summed E-state index contributed by atoms with van der Waals surface area (Å²) in [5.41, 5.74) is -0.593. The SMILES string of the molecule is CC1(O)CCN(c2cccc(Cl)n2)C1. The molecular formula is C10H13ClN2O. The van der Waals surface area contributed by atoms with Crippen LogP contribution in [0.5, 0.6) is 0 Å². The first kappa shape index (κ1) is 9.74. The van der Waals surface area contributed by atoms with Crippen LogP contribution >= 0.6 is 11.6 Å². The summed E-state index contributed by atoms with van der Waals surface area (Å²) in [6.45, 7) is 3.30. The van der Waals surface area contributed by atoms with Gasteiger partial charge in [-0.3, -0.25) is 0 Å². The molecule has 1 N–H and O–H groups in total. The second-order valence-electron chi connectivity index (χ2n) is 3.99. The Kier molecular flexibility index (Phi) is 2.37. The van der Waals surface area contributed by atoms with Crippen molar-refractivity contribution in [1.29, 1.82) is 0 Å². The minimum atomic E-state index is -0.593. The molecule has 0 spiro atoms. The van der Waals surface area contributed by atoms with Gasteiger partial charge in [0.1, 0.15) is 11.0 Å². The molecule has 0 saturated carbocycles. The number of hydrogen-bond acceptors (Lipinski definition) is 3. The quantitative estimate of drug-likeness (QED) is 0.720. The van der Waals surface area contributed by atoms with Gasteiger partial charge in [0.05, 0.1) is 5.60 Å². The fraction of sp³-hybridized carbons (Fsp3) is 0.500. The van der Waals surface area contributed by atoms with E-state index >= 15 is 0 Å². The highest BCUT2D eigenvalue weighted by atomic mass is 35.5. The summed E-state index contributed by atoms with van der Waals surface area (Å²) in [7, 11) is 0. The monoisotopic (exact) mass is 212 g/mol. The van der Waals surface area contributed by atoms with Gasteiger partial charge in [0.15, 0.2) is 0 Å². The molecule has 4 heteroatoms. The van der Waals surface area contributed by atoms with E-state index in [4.69, 9.17) is 11.6 Å². The van der Waals surface area contributed by atoms with Crippen LogP contribution in [0.4, 0.5) is 5.82 Å². The Hall–Kier alpha value is -0.800. The number of aliphatic hydroxyl groups is 1. The molecule has 1 saturated heterocycles.